The van der Waals surface area contributed by atoms with Crippen LogP contribution in [0.1, 0.15) is 82.0 Å². The molecule has 0 bridgehead atoms. The lowest BCUT2D eigenvalue weighted by Gasteiger charge is -2.25. The predicted molar refractivity (Wildman–Crippen MR) is 181 cm³/mol. The smallest absolute Gasteiger partial charge is 0.363 e. The number of unbranched alkanes of at least 4 members (excludes halogenated alkanes) is 1. The zero-order chi connectivity index (χ0) is 37.1. The number of fused-ring (bicyclic) bond motifs is 2. The maximum Gasteiger partial charge on any atom is 0.363 e. The Bertz CT molecular complexity index is 2240. The molecule has 0 spiro atoms. The van der Waals surface area contributed by atoms with E-state index in [0.717, 1.165) is 0 Å². The number of rotatable bonds is 15. The fourth-order valence-electron chi connectivity index (χ4n) is 5.86. The van der Waals surface area contributed by atoms with Crippen molar-refractivity contribution in [1.29, 1.82) is 0 Å². The number of hydrogen-bond donors (Lipinski definition) is 4. The van der Waals surface area contributed by atoms with Gasteiger partial charge >= 0.3 is 11.9 Å². The highest BCUT2D eigenvalue weighted by Crippen LogP contribution is 2.39. The molecule has 5 rings (SSSR count). The molecule has 1 atom stereocenters. The summed E-state index contributed by atoms with van der Waals surface area (Å²) in [7, 11) is -8.38. The molecule has 1 unspecified atom stereocenters. The summed E-state index contributed by atoms with van der Waals surface area (Å²) in [6, 6.07) is 13.3. The Kier molecular flexibility index (Phi) is 11.1. The van der Waals surface area contributed by atoms with Crippen molar-refractivity contribution in [2.24, 2.45) is 0 Å². The van der Waals surface area contributed by atoms with Gasteiger partial charge in [0.2, 0.25) is 0 Å². The van der Waals surface area contributed by atoms with E-state index < -0.39 is 61.5 Å². The second-order valence-electron chi connectivity index (χ2n) is 12.0. The second kappa shape index (κ2) is 15.1. The van der Waals surface area contributed by atoms with Crippen molar-refractivity contribution in [3.8, 4) is 11.5 Å². The first kappa shape index (κ1) is 37.3. The fourth-order valence-corrected chi connectivity index (χ4v) is 6.96. The number of benzene rings is 3. The Balaban J connectivity index is 1.56. The topological polar surface area (TPSA) is 231 Å². The van der Waals surface area contributed by atoms with E-state index in [-0.39, 0.29) is 54.5 Å². The molecule has 2 aliphatic heterocycles. The lowest BCUT2D eigenvalue weighted by atomic mass is 9.87. The van der Waals surface area contributed by atoms with Crippen molar-refractivity contribution in [3.63, 3.8) is 0 Å². The number of nitrogens with one attached hydrogen (secondary N) is 1. The normalized spacial score (nSPS) is 14.9. The largest absolute Gasteiger partial charge is 0.478 e. The first-order valence-electron chi connectivity index (χ1n) is 15.8. The Morgan fingerprint density at radius 3 is 2.22 bits per heavy atom. The lowest BCUT2D eigenvalue weighted by molar-refractivity contribution is -0.172. The molecule has 270 valence electrons. The molecule has 1 fully saturated rings. The van der Waals surface area contributed by atoms with E-state index in [4.69, 9.17) is 14.1 Å². The average Bonchev–Trinajstić information content (AvgIpc) is 3.36. The van der Waals surface area contributed by atoms with Gasteiger partial charge in [-0.3, -0.25) is 18.7 Å². The van der Waals surface area contributed by atoms with Crippen molar-refractivity contribution < 1.29 is 59.8 Å². The van der Waals surface area contributed by atoms with Crippen molar-refractivity contribution in [1.82, 2.24) is 10.4 Å². The van der Waals surface area contributed by atoms with Gasteiger partial charge in [-0.2, -0.15) is 16.8 Å². The molecule has 0 saturated carbocycles. The van der Waals surface area contributed by atoms with E-state index in [2.05, 4.69) is 11.9 Å². The molecule has 3 aromatic carbocycles. The third-order valence-electron chi connectivity index (χ3n) is 8.26. The molecule has 15 nitrogen and oxygen atoms in total. The third-order valence-corrected chi connectivity index (χ3v) is 9.87. The minimum atomic E-state index is -4.24. The number of carbonyl (C=O) groups is 4. The van der Waals surface area contributed by atoms with Gasteiger partial charge in [0.25, 0.3) is 32.1 Å². The Morgan fingerprint density at radius 1 is 0.863 bits per heavy atom. The summed E-state index contributed by atoms with van der Waals surface area (Å²) < 4.78 is 69.7. The zero-order valence-corrected chi connectivity index (χ0v) is 28.7. The second-order valence-corrected chi connectivity index (χ2v) is 15.2. The van der Waals surface area contributed by atoms with Crippen LogP contribution >= 0.6 is 0 Å². The molecule has 2 aliphatic rings. The highest BCUT2D eigenvalue weighted by atomic mass is 32.2. The first-order valence-corrected chi connectivity index (χ1v) is 19.0. The number of hydroxylamine groups is 2. The van der Waals surface area contributed by atoms with Gasteiger partial charge in [0.15, 0.2) is 0 Å². The Labute approximate surface area is 292 Å². The van der Waals surface area contributed by atoms with Gasteiger partial charge in [0, 0.05) is 35.2 Å². The first-order chi connectivity index (χ1) is 24.0. The third kappa shape index (κ3) is 9.25. The van der Waals surface area contributed by atoms with Crippen LogP contribution in [-0.2, 0) is 34.7 Å². The molecule has 1 saturated heterocycles. The van der Waals surface area contributed by atoms with Gasteiger partial charge in [-0.05, 0) is 78.9 Å². The van der Waals surface area contributed by atoms with Gasteiger partial charge in [-0.15, -0.1) is 5.06 Å². The number of nitrogens with zero attached hydrogens (tertiary/aromatic N) is 1. The van der Waals surface area contributed by atoms with Crippen LogP contribution in [0.3, 0.4) is 0 Å². The highest BCUT2D eigenvalue weighted by molar-refractivity contribution is 7.86. The van der Waals surface area contributed by atoms with Crippen molar-refractivity contribution in [2.45, 2.75) is 44.6 Å². The quantitative estimate of drug-likeness (QED) is 0.0779. The number of amides is 2. The molecule has 0 radical (unpaired) electrons. The molecular formula is C34H34N2O13S2. The molecular weight excluding hydrogens is 709 g/mol. The maximum absolute atomic E-state index is 13.1. The summed E-state index contributed by atoms with van der Waals surface area (Å²) in [6.45, 7) is 4.25. The van der Waals surface area contributed by atoms with E-state index in [1.165, 1.54) is 18.2 Å². The maximum atomic E-state index is 13.1. The van der Waals surface area contributed by atoms with Gasteiger partial charge in [-0.25, -0.2) is 9.59 Å². The molecule has 17 heteroatoms. The van der Waals surface area contributed by atoms with Crippen LogP contribution in [0.4, 0.5) is 0 Å². The minimum Gasteiger partial charge on any atom is -0.478 e. The number of carboxylic acid groups (broad SMARTS) is 1. The van der Waals surface area contributed by atoms with Crippen LogP contribution in [0, 0.1) is 0 Å². The summed E-state index contributed by atoms with van der Waals surface area (Å²) in [4.78, 5) is 54.9. The van der Waals surface area contributed by atoms with Crippen molar-refractivity contribution >= 4 is 56.1 Å². The molecule has 2 amide bonds. The molecule has 0 aromatic heterocycles. The zero-order valence-electron chi connectivity index (χ0n) is 27.0. The lowest BCUT2D eigenvalue weighted by Crippen LogP contribution is -2.32. The predicted octanol–water partition coefficient (Wildman–Crippen LogP) is 2.34. The van der Waals surface area contributed by atoms with Crippen LogP contribution in [0.15, 0.2) is 54.6 Å². The van der Waals surface area contributed by atoms with Crippen LogP contribution in [0.2, 0.25) is 0 Å². The molecule has 3 aromatic rings. The van der Waals surface area contributed by atoms with Crippen LogP contribution < -0.4 is 20.5 Å². The number of carboxylic acids is 1. The van der Waals surface area contributed by atoms with E-state index in [9.17, 15) is 45.7 Å². The summed E-state index contributed by atoms with van der Waals surface area (Å²) in [5.74, 6) is -4.03. The van der Waals surface area contributed by atoms with Gasteiger partial charge < -0.3 is 20.0 Å². The van der Waals surface area contributed by atoms with E-state index in [0.29, 0.717) is 50.9 Å². The van der Waals surface area contributed by atoms with Crippen molar-refractivity contribution in [3.05, 3.63) is 92.9 Å². The number of ether oxygens (including phenoxy) is 1. The van der Waals surface area contributed by atoms with Gasteiger partial charge in [-0.1, -0.05) is 30.8 Å². The van der Waals surface area contributed by atoms with E-state index in [1.54, 1.807) is 36.4 Å². The number of aromatic carboxylic acids is 1. The fraction of sp³-hybridized carbons (Fsp3) is 0.294. The summed E-state index contributed by atoms with van der Waals surface area (Å²) in [5, 5.41) is 14.9. The number of imide groups is 1. The average molecular weight is 743 g/mol. The monoisotopic (exact) mass is 742 g/mol. The minimum absolute atomic E-state index is 0.0734. The standard InChI is InChI=1S/C34H34N2O13S2/c1-20-6-9-24-28(17-20)48-29-19-21(27(5-4-16-51(45,46)47)35-14-2-3-15-50(42,43)44)7-11-25(29)32(24)26-18-22(8-10-23(26)33(39)40)34(41)49-36-30(37)12-13-31(36)38/h6-11,17-19,27,35H,1-5,12-16H2,(H,39,40)(H,42,43,44)(H,45,46,47). The van der Waals surface area contributed by atoms with Crippen LogP contribution in [0.25, 0.3) is 12.2 Å². The molecule has 0 aliphatic carbocycles. The van der Waals surface area contributed by atoms with Crippen molar-refractivity contribution in [2.75, 3.05) is 18.1 Å². The highest BCUT2D eigenvalue weighted by Gasteiger charge is 2.34. The van der Waals surface area contributed by atoms with E-state index >= 15 is 0 Å². The number of carbonyl (C=O) groups excluding carboxylic acids is 3. The van der Waals surface area contributed by atoms with Crippen LogP contribution in [0.5, 0.6) is 11.5 Å². The molecule has 4 N–H and O–H groups in total. The summed E-state index contributed by atoms with van der Waals surface area (Å²) in [6.07, 6.45) is 0.628. The number of hydrogen-bond acceptors (Lipinski definition) is 11. The summed E-state index contributed by atoms with van der Waals surface area (Å²) in [5.41, 5.74) is 1.24. The Morgan fingerprint density at radius 2 is 1.55 bits per heavy atom. The summed E-state index contributed by atoms with van der Waals surface area (Å²) >= 11 is 0. The van der Waals surface area contributed by atoms with Crippen LogP contribution in [-0.4, -0.2) is 77.9 Å². The molecule has 2 heterocycles. The SMILES string of the molecule is C=c1ccc2c(c1)Oc1cc(C(CCCS(=O)(=O)O)NCCCCS(=O)(=O)O)ccc1C=2c1cc(C(=O)ON2C(=O)CCC2=O)ccc1C(=O)O. The van der Waals surface area contributed by atoms with Gasteiger partial charge in [0.05, 0.1) is 22.6 Å². The van der Waals surface area contributed by atoms with E-state index in [1.807, 2.05) is 0 Å². The molecule has 51 heavy (non-hydrogen) atoms. The van der Waals surface area contributed by atoms with Gasteiger partial charge in [0.1, 0.15) is 11.5 Å². The Hall–Kier alpha value is -4.94.